The third-order valence-electron chi connectivity index (χ3n) is 4.84. The Morgan fingerprint density at radius 3 is 2.96 bits per heavy atom. The quantitative estimate of drug-likeness (QED) is 0.510. The molecule has 0 spiro atoms. The van der Waals surface area contributed by atoms with Crippen LogP contribution in [-0.4, -0.2) is 26.6 Å². The number of halogens is 1. The summed E-state index contributed by atoms with van der Waals surface area (Å²) in [6, 6.07) is 12.4. The minimum Gasteiger partial charge on any atom is -0.359 e. The number of fused-ring (bicyclic) bond motifs is 1. The van der Waals surface area contributed by atoms with Crippen LogP contribution in [0.2, 0.25) is 0 Å². The fourth-order valence-corrected chi connectivity index (χ4v) is 4.10. The van der Waals surface area contributed by atoms with Gasteiger partial charge in [-0.2, -0.15) is 0 Å². The zero-order chi connectivity index (χ0) is 18.9. The number of aromatic nitrogens is 3. The normalized spacial score (nSPS) is 14.2. The van der Waals surface area contributed by atoms with E-state index in [0.29, 0.717) is 17.8 Å². The fourth-order valence-electron chi connectivity index (χ4n) is 3.44. The molecule has 1 aliphatic rings. The highest BCUT2D eigenvalue weighted by molar-refractivity contribution is 7.13. The molecule has 3 aromatic heterocycles. The van der Waals surface area contributed by atoms with Gasteiger partial charge in [-0.05, 0) is 23.6 Å². The van der Waals surface area contributed by atoms with E-state index in [2.05, 4.69) is 15.0 Å². The standard InChI is InChI=1S/C21H17FN4OS/c22-17-5-2-1-4-16(17)19-10-15(27-25-19)13-26-8-7-18-14(12-26)11-23-21(24-18)20-6-3-9-28-20/h1-6,9-11H,7-8,12-13H2. The monoisotopic (exact) mass is 392 g/mol. The number of hydrogen-bond donors (Lipinski definition) is 0. The van der Waals surface area contributed by atoms with Crippen LogP contribution in [0, 0.1) is 5.82 Å². The molecule has 0 saturated heterocycles. The highest BCUT2D eigenvalue weighted by Gasteiger charge is 2.21. The second kappa shape index (κ2) is 7.26. The molecule has 0 fully saturated rings. The van der Waals surface area contributed by atoms with E-state index >= 15 is 0 Å². The molecule has 0 aliphatic carbocycles. The van der Waals surface area contributed by atoms with Crippen LogP contribution in [0.25, 0.3) is 22.0 Å². The van der Waals surface area contributed by atoms with E-state index in [1.165, 1.54) is 6.07 Å². The number of nitrogens with zero attached hydrogens (tertiary/aromatic N) is 4. The molecule has 5 nitrogen and oxygen atoms in total. The summed E-state index contributed by atoms with van der Waals surface area (Å²) >= 11 is 1.65. The van der Waals surface area contributed by atoms with Gasteiger partial charge in [0, 0.05) is 42.9 Å². The van der Waals surface area contributed by atoms with Crippen LogP contribution in [0.1, 0.15) is 17.0 Å². The van der Waals surface area contributed by atoms with Gasteiger partial charge >= 0.3 is 0 Å². The maximum Gasteiger partial charge on any atom is 0.169 e. The molecule has 0 bridgehead atoms. The van der Waals surface area contributed by atoms with Crippen molar-refractivity contribution in [3.05, 3.63) is 76.9 Å². The molecule has 0 N–H and O–H groups in total. The maximum absolute atomic E-state index is 13.9. The lowest BCUT2D eigenvalue weighted by molar-refractivity contribution is 0.213. The van der Waals surface area contributed by atoms with E-state index in [4.69, 9.17) is 9.51 Å². The van der Waals surface area contributed by atoms with Crippen molar-refractivity contribution >= 4 is 11.3 Å². The van der Waals surface area contributed by atoms with Gasteiger partial charge in [-0.15, -0.1) is 11.3 Å². The van der Waals surface area contributed by atoms with Crippen molar-refractivity contribution in [2.45, 2.75) is 19.5 Å². The Kier molecular flexibility index (Phi) is 4.46. The zero-order valence-corrected chi connectivity index (χ0v) is 15.8. The van der Waals surface area contributed by atoms with E-state index in [0.717, 1.165) is 47.2 Å². The van der Waals surface area contributed by atoms with Crippen molar-refractivity contribution in [2.75, 3.05) is 6.54 Å². The summed E-state index contributed by atoms with van der Waals surface area (Å²) in [6.07, 6.45) is 2.79. The van der Waals surface area contributed by atoms with Gasteiger partial charge in [0.15, 0.2) is 11.6 Å². The fraction of sp³-hybridized carbons (Fsp3) is 0.190. The van der Waals surface area contributed by atoms with Gasteiger partial charge in [0.2, 0.25) is 0 Å². The summed E-state index contributed by atoms with van der Waals surface area (Å²) in [5.41, 5.74) is 3.23. The minimum absolute atomic E-state index is 0.298. The van der Waals surface area contributed by atoms with Crippen LogP contribution < -0.4 is 0 Å². The van der Waals surface area contributed by atoms with Crippen LogP contribution >= 0.6 is 11.3 Å². The average molecular weight is 392 g/mol. The predicted molar refractivity (Wildman–Crippen MR) is 105 cm³/mol. The number of hydrogen-bond acceptors (Lipinski definition) is 6. The van der Waals surface area contributed by atoms with E-state index in [1.807, 2.05) is 29.8 Å². The second-order valence-electron chi connectivity index (χ2n) is 6.76. The Morgan fingerprint density at radius 2 is 2.11 bits per heavy atom. The molecule has 140 valence electrons. The lowest BCUT2D eigenvalue weighted by Gasteiger charge is -2.26. The zero-order valence-electron chi connectivity index (χ0n) is 15.0. The molecule has 0 amide bonds. The van der Waals surface area contributed by atoms with E-state index < -0.39 is 0 Å². The molecule has 4 heterocycles. The third kappa shape index (κ3) is 3.34. The van der Waals surface area contributed by atoms with Gasteiger partial charge in [-0.25, -0.2) is 14.4 Å². The highest BCUT2D eigenvalue weighted by Crippen LogP contribution is 2.26. The lowest BCUT2D eigenvalue weighted by Crippen LogP contribution is -2.30. The molecule has 7 heteroatoms. The molecule has 0 atom stereocenters. The van der Waals surface area contributed by atoms with Gasteiger partial charge in [-0.1, -0.05) is 23.4 Å². The Morgan fingerprint density at radius 1 is 1.18 bits per heavy atom. The molecule has 1 aromatic carbocycles. The van der Waals surface area contributed by atoms with Crippen molar-refractivity contribution < 1.29 is 8.91 Å². The molecule has 0 saturated carbocycles. The number of benzene rings is 1. The van der Waals surface area contributed by atoms with Crippen molar-refractivity contribution in [3.63, 3.8) is 0 Å². The molecule has 5 rings (SSSR count). The van der Waals surface area contributed by atoms with Crippen LogP contribution in [0.4, 0.5) is 4.39 Å². The summed E-state index contributed by atoms with van der Waals surface area (Å²) < 4.78 is 19.4. The van der Waals surface area contributed by atoms with Gasteiger partial charge in [-0.3, -0.25) is 4.90 Å². The first-order chi connectivity index (χ1) is 13.8. The Bertz CT molecular complexity index is 1110. The van der Waals surface area contributed by atoms with Gasteiger partial charge in [0.05, 0.1) is 17.1 Å². The summed E-state index contributed by atoms with van der Waals surface area (Å²) in [4.78, 5) is 12.6. The molecule has 1 aliphatic heterocycles. The lowest BCUT2D eigenvalue weighted by atomic mass is 10.1. The molecular formula is C21H17FN4OS. The molecular weight excluding hydrogens is 375 g/mol. The molecule has 0 unspecified atom stereocenters. The van der Waals surface area contributed by atoms with Gasteiger partial charge < -0.3 is 4.52 Å². The Balaban J connectivity index is 1.30. The Hall–Kier alpha value is -2.90. The van der Waals surface area contributed by atoms with E-state index in [1.54, 1.807) is 29.5 Å². The first-order valence-corrected chi connectivity index (χ1v) is 9.96. The first-order valence-electron chi connectivity index (χ1n) is 9.08. The molecule has 0 radical (unpaired) electrons. The number of thiophene rings is 1. The predicted octanol–water partition coefficient (Wildman–Crippen LogP) is 4.56. The molecule has 4 aromatic rings. The van der Waals surface area contributed by atoms with Crippen molar-refractivity contribution in [1.29, 1.82) is 0 Å². The Labute approximate surface area is 165 Å². The second-order valence-corrected chi connectivity index (χ2v) is 7.71. The van der Waals surface area contributed by atoms with Gasteiger partial charge in [0.25, 0.3) is 0 Å². The van der Waals surface area contributed by atoms with Crippen molar-refractivity contribution in [2.24, 2.45) is 0 Å². The van der Waals surface area contributed by atoms with E-state index in [9.17, 15) is 4.39 Å². The largest absolute Gasteiger partial charge is 0.359 e. The summed E-state index contributed by atoms with van der Waals surface area (Å²) in [5.74, 6) is 1.22. The maximum atomic E-state index is 13.9. The average Bonchev–Trinajstić information content (AvgIpc) is 3.40. The topological polar surface area (TPSA) is 55.1 Å². The highest BCUT2D eigenvalue weighted by atomic mass is 32.1. The first kappa shape index (κ1) is 17.2. The smallest absolute Gasteiger partial charge is 0.169 e. The van der Waals surface area contributed by atoms with Crippen LogP contribution in [0.5, 0.6) is 0 Å². The van der Waals surface area contributed by atoms with Crippen molar-refractivity contribution in [3.8, 4) is 22.0 Å². The summed E-state index contributed by atoms with van der Waals surface area (Å²) in [7, 11) is 0. The SMILES string of the molecule is Fc1ccccc1-c1cc(CN2CCc3nc(-c4cccs4)ncc3C2)on1. The number of rotatable bonds is 4. The summed E-state index contributed by atoms with van der Waals surface area (Å²) in [5, 5.41) is 6.07. The van der Waals surface area contributed by atoms with Crippen molar-refractivity contribution in [1.82, 2.24) is 20.0 Å². The van der Waals surface area contributed by atoms with E-state index in [-0.39, 0.29) is 5.82 Å². The molecule has 28 heavy (non-hydrogen) atoms. The van der Waals surface area contributed by atoms with Crippen LogP contribution in [0.3, 0.4) is 0 Å². The van der Waals surface area contributed by atoms with Gasteiger partial charge in [0.1, 0.15) is 11.5 Å². The minimum atomic E-state index is -0.298. The summed E-state index contributed by atoms with van der Waals surface area (Å²) in [6.45, 7) is 2.26. The van der Waals surface area contributed by atoms with Crippen LogP contribution in [-0.2, 0) is 19.5 Å². The third-order valence-corrected chi connectivity index (χ3v) is 5.71. The van der Waals surface area contributed by atoms with Crippen LogP contribution in [0.15, 0.2) is 58.6 Å².